The number of carbonyl (C=O) groups excluding carboxylic acids is 1. The maximum atomic E-state index is 13.3. The van der Waals surface area contributed by atoms with Crippen molar-refractivity contribution in [3.05, 3.63) is 41.0 Å². The predicted molar refractivity (Wildman–Crippen MR) is 98.8 cm³/mol. The Balaban J connectivity index is 1.39. The molecule has 2 aromatic rings. The molecule has 0 N–H and O–H groups in total. The molecule has 1 aromatic heterocycles. The molecule has 0 radical (unpaired) electrons. The summed E-state index contributed by atoms with van der Waals surface area (Å²) in [6, 6.07) is 4.02. The molecule has 1 amide bonds. The van der Waals surface area contributed by atoms with E-state index in [-0.39, 0.29) is 42.2 Å². The van der Waals surface area contributed by atoms with Gasteiger partial charge in [-0.3, -0.25) is 9.79 Å². The van der Waals surface area contributed by atoms with Crippen LogP contribution in [-0.2, 0) is 11.6 Å². The molecule has 0 spiro atoms. The summed E-state index contributed by atoms with van der Waals surface area (Å²) >= 11 is 0. The standard InChI is InChI=1S/C20H16F6N4O3/c1-9(19(21,22)23)32-14-3-2-10(13-6-27-13)4-12(14)15(31)30-7-11-5-18(11,8-30)16-28-17(33-29-16)20(24,25)26/h2-4,6,9,11,13H,5,7-8H2,1H3. The molecule has 1 aromatic carbocycles. The van der Waals surface area contributed by atoms with Gasteiger partial charge in [-0.1, -0.05) is 11.2 Å². The van der Waals surface area contributed by atoms with E-state index in [1.807, 2.05) is 0 Å². The van der Waals surface area contributed by atoms with E-state index in [0.29, 0.717) is 12.0 Å². The number of aromatic nitrogens is 2. The highest BCUT2D eigenvalue weighted by Gasteiger charge is 2.65. The van der Waals surface area contributed by atoms with E-state index in [9.17, 15) is 31.1 Å². The minimum Gasteiger partial charge on any atom is -0.480 e. The van der Waals surface area contributed by atoms with Gasteiger partial charge in [-0.15, -0.1) is 0 Å². The molecule has 5 rings (SSSR count). The lowest BCUT2D eigenvalue weighted by molar-refractivity contribution is -0.189. The van der Waals surface area contributed by atoms with Crippen LogP contribution in [0.4, 0.5) is 26.3 Å². The van der Waals surface area contributed by atoms with Gasteiger partial charge >= 0.3 is 18.2 Å². The Kier molecular flexibility index (Phi) is 4.56. The number of halogens is 6. The Morgan fingerprint density at radius 1 is 1.27 bits per heavy atom. The van der Waals surface area contributed by atoms with Crippen molar-refractivity contribution in [1.29, 1.82) is 0 Å². The Labute approximate surface area is 182 Å². The lowest BCUT2D eigenvalue weighted by atomic mass is 10.0. The van der Waals surface area contributed by atoms with Crippen LogP contribution in [0.1, 0.15) is 47.0 Å². The molecule has 1 aliphatic carbocycles. The van der Waals surface area contributed by atoms with E-state index in [0.717, 1.165) is 6.92 Å². The molecule has 2 aliphatic heterocycles. The number of hydrogen-bond acceptors (Lipinski definition) is 6. The maximum absolute atomic E-state index is 13.3. The molecule has 2 fully saturated rings. The highest BCUT2D eigenvalue weighted by atomic mass is 19.4. The van der Waals surface area contributed by atoms with E-state index >= 15 is 0 Å². The van der Waals surface area contributed by atoms with Crippen molar-refractivity contribution in [1.82, 2.24) is 15.0 Å². The molecule has 3 aliphatic rings. The van der Waals surface area contributed by atoms with Crippen LogP contribution in [0.15, 0.2) is 27.7 Å². The molecule has 7 nitrogen and oxygen atoms in total. The second kappa shape index (κ2) is 6.94. The third-order valence-electron chi connectivity index (χ3n) is 6.19. The molecule has 4 unspecified atom stereocenters. The third kappa shape index (κ3) is 3.82. The van der Waals surface area contributed by atoms with Gasteiger partial charge in [-0.2, -0.15) is 31.3 Å². The number of hydrogen-bond donors (Lipinski definition) is 0. The number of nitrogens with zero attached hydrogens (tertiary/aromatic N) is 4. The lowest BCUT2D eigenvalue weighted by Gasteiger charge is -2.24. The first-order chi connectivity index (χ1) is 15.4. The zero-order chi connectivity index (χ0) is 23.8. The average molecular weight is 474 g/mol. The van der Waals surface area contributed by atoms with Crippen LogP contribution >= 0.6 is 0 Å². The van der Waals surface area contributed by atoms with Crippen molar-refractivity contribution in [3.8, 4) is 5.75 Å². The van der Waals surface area contributed by atoms with Crippen LogP contribution < -0.4 is 4.74 Å². The van der Waals surface area contributed by atoms with E-state index in [4.69, 9.17) is 4.74 Å². The summed E-state index contributed by atoms with van der Waals surface area (Å²) in [7, 11) is 0. The SMILES string of the molecule is CC(Oc1ccc(C2C=N2)cc1C(=O)N1CC2CC2(c2noc(C(F)(F)F)n2)C1)C(F)(F)F. The second-order valence-corrected chi connectivity index (χ2v) is 8.46. The molecule has 0 bridgehead atoms. The van der Waals surface area contributed by atoms with Gasteiger partial charge in [-0.05, 0) is 37.0 Å². The van der Waals surface area contributed by atoms with Crippen molar-refractivity contribution in [2.24, 2.45) is 10.9 Å². The number of likely N-dealkylation sites (tertiary alicyclic amines) is 1. The van der Waals surface area contributed by atoms with Crippen molar-refractivity contribution >= 4 is 12.1 Å². The second-order valence-electron chi connectivity index (χ2n) is 8.46. The van der Waals surface area contributed by atoms with Crippen LogP contribution in [0.3, 0.4) is 0 Å². The van der Waals surface area contributed by atoms with Gasteiger partial charge in [0.2, 0.25) is 0 Å². The smallest absolute Gasteiger partial charge is 0.471 e. The predicted octanol–water partition coefficient (Wildman–Crippen LogP) is 3.96. The Morgan fingerprint density at radius 3 is 2.61 bits per heavy atom. The summed E-state index contributed by atoms with van der Waals surface area (Å²) < 4.78 is 86.9. The number of carbonyl (C=O) groups is 1. The fourth-order valence-electron chi connectivity index (χ4n) is 4.17. The Bertz CT molecular complexity index is 1140. The van der Waals surface area contributed by atoms with Crippen LogP contribution in [-0.4, -0.2) is 52.5 Å². The van der Waals surface area contributed by atoms with Gasteiger partial charge in [-0.25, -0.2) is 0 Å². The molecule has 1 saturated carbocycles. The first kappa shape index (κ1) is 21.7. The molecule has 176 valence electrons. The highest BCUT2D eigenvalue weighted by molar-refractivity contribution is 5.98. The minimum atomic E-state index is -4.78. The lowest BCUT2D eigenvalue weighted by Crippen LogP contribution is -2.35. The quantitative estimate of drug-likeness (QED) is 0.613. The molecule has 33 heavy (non-hydrogen) atoms. The van der Waals surface area contributed by atoms with E-state index < -0.39 is 35.7 Å². The number of fused-ring (bicyclic) bond motifs is 1. The van der Waals surface area contributed by atoms with Gasteiger partial charge in [0.15, 0.2) is 11.9 Å². The molecular formula is C20H16F6N4O3. The third-order valence-corrected chi connectivity index (χ3v) is 6.19. The van der Waals surface area contributed by atoms with Gasteiger partial charge in [0.25, 0.3) is 5.91 Å². The first-order valence-electron chi connectivity index (χ1n) is 10.00. The van der Waals surface area contributed by atoms with Crippen LogP contribution in [0.25, 0.3) is 0 Å². The summed E-state index contributed by atoms with van der Waals surface area (Å²) in [6.45, 7) is 1.06. The highest BCUT2D eigenvalue weighted by Crippen LogP contribution is 2.58. The van der Waals surface area contributed by atoms with Gasteiger partial charge in [0.05, 0.1) is 11.0 Å². The summed E-state index contributed by atoms with van der Waals surface area (Å²) in [5.41, 5.74) is -0.308. The number of amides is 1. The van der Waals surface area contributed by atoms with Crippen LogP contribution in [0, 0.1) is 5.92 Å². The Morgan fingerprint density at radius 2 is 2.00 bits per heavy atom. The summed E-state index contributed by atoms with van der Waals surface area (Å²) in [6.07, 6.45) is -9.46. The monoisotopic (exact) mass is 474 g/mol. The van der Waals surface area contributed by atoms with Crippen molar-refractivity contribution in [2.75, 3.05) is 13.1 Å². The van der Waals surface area contributed by atoms with Crippen molar-refractivity contribution < 1.29 is 40.4 Å². The van der Waals surface area contributed by atoms with Crippen LogP contribution in [0.2, 0.25) is 0 Å². The molecular weight excluding hydrogens is 458 g/mol. The normalized spacial score (nSPS) is 26.8. The first-order valence-corrected chi connectivity index (χ1v) is 10.00. The zero-order valence-corrected chi connectivity index (χ0v) is 16.9. The molecule has 3 heterocycles. The number of rotatable bonds is 5. The van der Waals surface area contributed by atoms with Gasteiger partial charge in [0, 0.05) is 19.3 Å². The van der Waals surface area contributed by atoms with Crippen molar-refractivity contribution in [3.63, 3.8) is 0 Å². The zero-order valence-electron chi connectivity index (χ0n) is 16.9. The van der Waals surface area contributed by atoms with E-state index in [1.165, 1.54) is 23.1 Å². The topological polar surface area (TPSA) is 80.8 Å². The molecule has 1 saturated heterocycles. The largest absolute Gasteiger partial charge is 0.480 e. The molecule has 4 atom stereocenters. The summed E-state index contributed by atoms with van der Waals surface area (Å²) in [5.74, 6) is -2.59. The van der Waals surface area contributed by atoms with E-state index in [2.05, 4.69) is 19.7 Å². The van der Waals surface area contributed by atoms with Crippen LogP contribution in [0.5, 0.6) is 5.75 Å². The number of aliphatic imine (C=N–C) groups is 1. The summed E-state index contributed by atoms with van der Waals surface area (Å²) in [4.78, 5) is 22.1. The average Bonchev–Trinajstić information content (AvgIpc) is 3.60. The number of alkyl halides is 6. The summed E-state index contributed by atoms with van der Waals surface area (Å²) in [5, 5.41) is 3.46. The number of ether oxygens (including phenoxy) is 1. The van der Waals surface area contributed by atoms with Crippen molar-refractivity contribution in [2.45, 2.75) is 43.3 Å². The van der Waals surface area contributed by atoms with E-state index in [1.54, 1.807) is 6.21 Å². The molecule has 13 heteroatoms. The fourth-order valence-corrected chi connectivity index (χ4v) is 4.17. The number of benzene rings is 1. The maximum Gasteiger partial charge on any atom is 0.471 e. The van der Waals surface area contributed by atoms with Gasteiger partial charge < -0.3 is 14.2 Å². The fraction of sp³-hybridized carbons (Fsp3) is 0.500. The Hall–Kier alpha value is -3.12. The minimum absolute atomic E-state index is 0.0196. The number of piperidine rings is 1. The van der Waals surface area contributed by atoms with Gasteiger partial charge in [0.1, 0.15) is 11.8 Å².